The first-order chi connectivity index (χ1) is 7.15. The van der Waals surface area contributed by atoms with E-state index in [1.54, 1.807) is 12.1 Å². The number of likely N-dealkylation sites (N-methyl/N-ethyl adjacent to an activating group) is 1. The van der Waals surface area contributed by atoms with Crippen molar-refractivity contribution in [2.75, 3.05) is 31.7 Å². The van der Waals surface area contributed by atoms with Crippen LogP contribution in [0.1, 0.15) is 24.4 Å². The van der Waals surface area contributed by atoms with Gasteiger partial charge < -0.3 is 14.1 Å². The number of ketones is 1. The fourth-order valence-electron chi connectivity index (χ4n) is 1.18. The molecule has 0 saturated carbocycles. The highest BCUT2D eigenvalue weighted by Gasteiger charge is 2.09. The number of carbonyl (C=O) groups is 1. The van der Waals surface area contributed by atoms with E-state index in [1.807, 2.05) is 18.9 Å². The van der Waals surface area contributed by atoms with Gasteiger partial charge in [0.25, 0.3) is 0 Å². The summed E-state index contributed by atoms with van der Waals surface area (Å²) in [6.07, 6.45) is 0. The minimum atomic E-state index is -0.0561. The van der Waals surface area contributed by atoms with Gasteiger partial charge in [-0.1, -0.05) is 0 Å². The first kappa shape index (κ1) is 11.8. The van der Waals surface area contributed by atoms with E-state index >= 15 is 0 Å². The van der Waals surface area contributed by atoms with E-state index < -0.39 is 0 Å². The smallest absolute Gasteiger partial charge is 0.196 e. The van der Waals surface area contributed by atoms with Crippen molar-refractivity contribution in [2.45, 2.75) is 13.8 Å². The quantitative estimate of drug-likeness (QED) is 0.533. The molecule has 1 aromatic heterocycles. The average Bonchev–Trinajstić information content (AvgIpc) is 2.66. The summed E-state index contributed by atoms with van der Waals surface area (Å²) in [4.78, 5) is 12.9. The zero-order valence-electron chi connectivity index (χ0n) is 9.45. The van der Waals surface area contributed by atoms with E-state index in [0.717, 1.165) is 6.54 Å². The summed E-state index contributed by atoms with van der Waals surface area (Å²) in [5.74, 6) is 1.03. The van der Waals surface area contributed by atoms with Crippen LogP contribution in [0.3, 0.4) is 0 Å². The van der Waals surface area contributed by atoms with Gasteiger partial charge in [0.1, 0.15) is 0 Å². The molecular weight excluding hydrogens is 194 g/mol. The number of Topliss-reactive ketones (excluding diaryl/α,β-unsaturated/α-hetero) is 1. The van der Waals surface area contributed by atoms with Crippen LogP contribution in [0.5, 0.6) is 0 Å². The molecule has 0 aliphatic heterocycles. The van der Waals surface area contributed by atoms with Crippen molar-refractivity contribution in [3.05, 3.63) is 17.9 Å². The molecule has 15 heavy (non-hydrogen) atoms. The third-order valence-electron chi connectivity index (χ3n) is 2.09. The van der Waals surface area contributed by atoms with Crippen LogP contribution < -0.4 is 4.90 Å². The monoisotopic (exact) mass is 211 g/mol. The third kappa shape index (κ3) is 3.40. The second kappa shape index (κ2) is 5.56. The Balaban J connectivity index is 2.50. The Morgan fingerprint density at radius 1 is 1.53 bits per heavy atom. The molecular formula is C11H17NO3. The highest BCUT2D eigenvalue weighted by atomic mass is 16.5. The fraction of sp³-hybridized carbons (Fsp3) is 0.545. The minimum absolute atomic E-state index is 0.0561. The van der Waals surface area contributed by atoms with Crippen LogP contribution in [0, 0.1) is 0 Å². The van der Waals surface area contributed by atoms with E-state index in [1.165, 1.54) is 6.92 Å². The number of hydrogen-bond donors (Lipinski definition) is 0. The normalized spacial score (nSPS) is 10.3. The molecule has 0 bridgehead atoms. The number of rotatable bonds is 6. The minimum Gasteiger partial charge on any atom is -0.437 e. The SMILES string of the molecule is CCOCCN(C)c1ccc(C(C)=O)o1. The van der Waals surface area contributed by atoms with Crippen molar-refractivity contribution in [2.24, 2.45) is 0 Å². The van der Waals surface area contributed by atoms with Crippen molar-refractivity contribution in [3.8, 4) is 0 Å². The number of hydrogen-bond acceptors (Lipinski definition) is 4. The topological polar surface area (TPSA) is 42.7 Å². The maximum absolute atomic E-state index is 11.0. The summed E-state index contributed by atoms with van der Waals surface area (Å²) < 4.78 is 10.6. The average molecular weight is 211 g/mol. The van der Waals surface area contributed by atoms with Gasteiger partial charge in [-0.05, 0) is 13.0 Å². The Labute approximate surface area is 89.8 Å². The molecule has 0 fully saturated rings. The van der Waals surface area contributed by atoms with Crippen LogP contribution in [0.4, 0.5) is 5.88 Å². The lowest BCUT2D eigenvalue weighted by Crippen LogP contribution is -2.21. The highest BCUT2D eigenvalue weighted by molar-refractivity contribution is 5.91. The van der Waals surface area contributed by atoms with Gasteiger partial charge in [0.2, 0.25) is 0 Å². The molecule has 0 radical (unpaired) electrons. The molecule has 4 heteroatoms. The van der Waals surface area contributed by atoms with E-state index in [0.29, 0.717) is 24.9 Å². The lowest BCUT2D eigenvalue weighted by Gasteiger charge is -2.15. The maximum Gasteiger partial charge on any atom is 0.196 e. The molecule has 0 unspecified atom stereocenters. The van der Waals surface area contributed by atoms with Gasteiger partial charge in [-0.3, -0.25) is 4.79 Å². The molecule has 84 valence electrons. The standard InChI is InChI=1S/C11H17NO3/c1-4-14-8-7-12(3)11-6-5-10(15-11)9(2)13/h5-6H,4,7-8H2,1-3H3. The van der Waals surface area contributed by atoms with E-state index in [2.05, 4.69) is 0 Å². The van der Waals surface area contributed by atoms with Crippen molar-refractivity contribution >= 4 is 11.7 Å². The van der Waals surface area contributed by atoms with Gasteiger partial charge in [0.05, 0.1) is 6.61 Å². The fourth-order valence-corrected chi connectivity index (χ4v) is 1.18. The lowest BCUT2D eigenvalue weighted by molar-refractivity contribution is 0.0987. The van der Waals surface area contributed by atoms with Gasteiger partial charge in [-0.2, -0.15) is 0 Å². The Bertz CT molecular complexity index is 319. The van der Waals surface area contributed by atoms with Crippen molar-refractivity contribution in [3.63, 3.8) is 0 Å². The summed E-state index contributed by atoms with van der Waals surface area (Å²) in [6, 6.07) is 3.48. The van der Waals surface area contributed by atoms with Gasteiger partial charge in [0, 0.05) is 33.2 Å². The highest BCUT2D eigenvalue weighted by Crippen LogP contribution is 2.17. The molecule has 1 heterocycles. The predicted octanol–water partition coefficient (Wildman–Crippen LogP) is 1.95. The molecule has 4 nitrogen and oxygen atoms in total. The predicted molar refractivity (Wildman–Crippen MR) is 58.5 cm³/mol. The largest absolute Gasteiger partial charge is 0.437 e. The first-order valence-electron chi connectivity index (χ1n) is 5.04. The molecule has 0 N–H and O–H groups in total. The van der Waals surface area contributed by atoms with Crippen LogP contribution in [0.2, 0.25) is 0 Å². The van der Waals surface area contributed by atoms with E-state index in [9.17, 15) is 4.79 Å². The third-order valence-corrected chi connectivity index (χ3v) is 2.09. The van der Waals surface area contributed by atoms with Crippen LogP contribution >= 0.6 is 0 Å². The summed E-state index contributed by atoms with van der Waals surface area (Å²) in [5, 5.41) is 0. The summed E-state index contributed by atoms with van der Waals surface area (Å²) in [6.45, 7) is 5.57. The number of ether oxygens (including phenoxy) is 1. The van der Waals surface area contributed by atoms with Gasteiger partial charge in [-0.25, -0.2) is 0 Å². The Kier molecular flexibility index (Phi) is 4.37. The Morgan fingerprint density at radius 2 is 2.27 bits per heavy atom. The second-order valence-corrected chi connectivity index (χ2v) is 3.31. The van der Waals surface area contributed by atoms with E-state index in [4.69, 9.17) is 9.15 Å². The molecule has 0 aliphatic rings. The van der Waals surface area contributed by atoms with Crippen molar-refractivity contribution < 1.29 is 13.9 Å². The van der Waals surface area contributed by atoms with Crippen molar-refractivity contribution in [1.29, 1.82) is 0 Å². The zero-order chi connectivity index (χ0) is 11.3. The summed E-state index contributed by atoms with van der Waals surface area (Å²) >= 11 is 0. The number of furan rings is 1. The van der Waals surface area contributed by atoms with Gasteiger partial charge in [-0.15, -0.1) is 0 Å². The molecule has 0 amide bonds. The molecule has 0 atom stereocenters. The van der Waals surface area contributed by atoms with Gasteiger partial charge in [0.15, 0.2) is 17.4 Å². The van der Waals surface area contributed by atoms with Crippen LogP contribution in [-0.2, 0) is 4.74 Å². The molecule has 1 aromatic rings. The van der Waals surface area contributed by atoms with Crippen LogP contribution in [0.25, 0.3) is 0 Å². The van der Waals surface area contributed by atoms with Gasteiger partial charge >= 0.3 is 0 Å². The first-order valence-corrected chi connectivity index (χ1v) is 5.04. The van der Waals surface area contributed by atoms with E-state index in [-0.39, 0.29) is 5.78 Å². The number of carbonyl (C=O) groups excluding carboxylic acids is 1. The van der Waals surface area contributed by atoms with Crippen LogP contribution in [-0.4, -0.2) is 32.6 Å². The van der Waals surface area contributed by atoms with Crippen LogP contribution in [0.15, 0.2) is 16.5 Å². The Hall–Kier alpha value is -1.29. The second-order valence-electron chi connectivity index (χ2n) is 3.31. The number of nitrogens with zero attached hydrogens (tertiary/aromatic N) is 1. The number of anilines is 1. The molecule has 0 aromatic carbocycles. The summed E-state index contributed by atoms with van der Waals surface area (Å²) in [5.41, 5.74) is 0. The molecule has 0 spiro atoms. The van der Waals surface area contributed by atoms with Crippen molar-refractivity contribution in [1.82, 2.24) is 0 Å². The molecule has 0 saturated heterocycles. The zero-order valence-corrected chi connectivity index (χ0v) is 9.45. The summed E-state index contributed by atoms with van der Waals surface area (Å²) in [7, 11) is 1.90. The Morgan fingerprint density at radius 3 is 2.80 bits per heavy atom. The molecule has 1 rings (SSSR count). The maximum atomic E-state index is 11.0. The molecule has 0 aliphatic carbocycles. The lowest BCUT2D eigenvalue weighted by atomic mass is 10.3.